The highest BCUT2D eigenvalue weighted by molar-refractivity contribution is 5.47. The summed E-state index contributed by atoms with van der Waals surface area (Å²) in [6.07, 6.45) is -0.408. The summed E-state index contributed by atoms with van der Waals surface area (Å²) in [6, 6.07) is 1.72. The predicted octanol–water partition coefficient (Wildman–Crippen LogP) is 1.17. The van der Waals surface area contributed by atoms with Crippen molar-refractivity contribution in [1.82, 2.24) is 9.97 Å². The van der Waals surface area contributed by atoms with Crippen LogP contribution in [0, 0.1) is 0 Å². The van der Waals surface area contributed by atoms with E-state index in [9.17, 15) is 5.11 Å². The second-order valence-electron chi connectivity index (χ2n) is 5.45. The van der Waals surface area contributed by atoms with E-state index in [0.29, 0.717) is 18.2 Å². The van der Waals surface area contributed by atoms with Gasteiger partial charge in [-0.3, -0.25) is 0 Å². The van der Waals surface area contributed by atoms with Crippen molar-refractivity contribution in [3.8, 4) is 0 Å². The molecule has 1 heterocycles. The molecule has 3 N–H and O–H groups in total. The maximum absolute atomic E-state index is 9.37. The molecule has 5 heteroatoms. The van der Waals surface area contributed by atoms with Crippen LogP contribution in [0.15, 0.2) is 6.07 Å². The SMILES string of the molecule is CC(O)CN(C)c1cc(N)nc(C(C)(C)C)n1. The summed E-state index contributed by atoms with van der Waals surface area (Å²) >= 11 is 0. The zero-order valence-corrected chi connectivity index (χ0v) is 11.2. The second kappa shape index (κ2) is 4.87. The van der Waals surface area contributed by atoms with Gasteiger partial charge in [-0.2, -0.15) is 0 Å². The summed E-state index contributed by atoms with van der Waals surface area (Å²) in [7, 11) is 1.88. The molecule has 0 radical (unpaired) electrons. The molecule has 17 heavy (non-hydrogen) atoms. The minimum atomic E-state index is -0.408. The summed E-state index contributed by atoms with van der Waals surface area (Å²) in [5.74, 6) is 1.91. The molecule has 0 fully saturated rings. The maximum Gasteiger partial charge on any atom is 0.138 e. The van der Waals surface area contributed by atoms with E-state index >= 15 is 0 Å². The molecule has 0 aliphatic heterocycles. The predicted molar refractivity (Wildman–Crippen MR) is 70.1 cm³/mol. The van der Waals surface area contributed by atoms with Crippen LogP contribution in [-0.4, -0.2) is 34.8 Å². The first-order chi connectivity index (χ1) is 7.70. The molecule has 0 saturated heterocycles. The number of nitrogens with zero attached hydrogens (tertiary/aromatic N) is 3. The lowest BCUT2D eigenvalue weighted by Crippen LogP contribution is -2.29. The van der Waals surface area contributed by atoms with Gasteiger partial charge in [0, 0.05) is 25.1 Å². The van der Waals surface area contributed by atoms with Gasteiger partial charge < -0.3 is 15.7 Å². The number of likely N-dealkylation sites (N-methyl/N-ethyl adjacent to an activating group) is 1. The van der Waals surface area contributed by atoms with Gasteiger partial charge in [0.1, 0.15) is 17.5 Å². The maximum atomic E-state index is 9.37. The molecule has 5 nitrogen and oxygen atoms in total. The fourth-order valence-corrected chi connectivity index (χ4v) is 1.47. The highest BCUT2D eigenvalue weighted by Gasteiger charge is 2.19. The number of nitrogens with two attached hydrogens (primary N) is 1. The molecule has 0 aliphatic carbocycles. The molecule has 96 valence electrons. The van der Waals surface area contributed by atoms with Crippen LogP contribution >= 0.6 is 0 Å². The quantitative estimate of drug-likeness (QED) is 0.827. The third kappa shape index (κ3) is 3.85. The number of aliphatic hydroxyl groups excluding tert-OH is 1. The summed E-state index contributed by atoms with van der Waals surface area (Å²) < 4.78 is 0. The topological polar surface area (TPSA) is 75.3 Å². The van der Waals surface area contributed by atoms with Crippen LogP contribution in [0.3, 0.4) is 0 Å². The van der Waals surface area contributed by atoms with Gasteiger partial charge in [-0.25, -0.2) is 9.97 Å². The van der Waals surface area contributed by atoms with Crippen LogP contribution in [0.4, 0.5) is 11.6 Å². The van der Waals surface area contributed by atoms with Crippen molar-refractivity contribution in [1.29, 1.82) is 0 Å². The number of anilines is 2. The van der Waals surface area contributed by atoms with Gasteiger partial charge in [-0.05, 0) is 6.92 Å². The van der Waals surface area contributed by atoms with Crippen LogP contribution in [-0.2, 0) is 5.41 Å². The number of hydrogen-bond acceptors (Lipinski definition) is 5. The molecule has 1 atom stereocenters. The largest absolute Gasteiger partial charge is 0.392 e. The van der Waals surface area contributed by atoms with Gasteiger partial charge in [0.25, 0.3) is 0 Å². The minimum absolute atomic E-state index is 0.143. The lowest BCUT2D eigenvalue weighted by molar-refractivity contribution is 0.201. The fourth-order valence-electron chi connectivity index (χ4n) is 1.47. The highest BCUT2D eigenvalue weighted by atomic mass is 16.3. The molecule has 1 unspecified atom stereocenters. The Morgan fingerprint density at radius 2 is 2.00 bits per heavy atom. The van der Waals surface area contributed by atoms with Gasteiger partial charge in [0.2, 0.25) is 0 Å². The van der Waals surface area contributed by atoms with E-state index in [-0.39, 0.29) is 5.41 Å². The van der Waals surface area contributed by atoms with Crippen molar-refractivity contribution in [2.45, 2.75) is 39.2 Å². The summed E-state index contributed by atoms with van der Waals surface area (Å²) in [4.78, 5) is 10.6. The number of aliphatic hydroxyl groups is 1. The summed E-state index contributed by atoms with van der Waals surface area (Å²) in [6.45, 7) is 8.38. The average molecular weight is 238 g/mol. The first-order valence-corrected chi connectivity index (χ1v) is 5.74. The zero-order chi connectivity index (χ0) is 13.2. The third-order valence-corrected chi connectivity index (χ3v) is 2.33. The Morgan fingerprint density at radius 3 is 2.47 bits per heavy atom. The number of nitrogen functional groups attached to an aromatic ring is 1. The van der Waals surface area contributed by atoms with Crippen molar-refractivity contribution in [3.63, 3.8) is 0 Å². The first kappa shape index (κ1) is 13.7. The van der Waals surface area contributed by atoms with Gasteiger partial charge in [-0.1, -0.05) is 20.8 Å². The Morgan fingerprint density at radius 1 is 1.41 bits per heavy atom. The number of hydrogen-bond donors (Lipinski definition) is 2. The number of aromatic nitrogens is 2. The molecule has 0 aromatic carbocycles. The molecule has 0 aliphatic rings. The monoisotopic (exact) mass is 238 g/mol. The molecule has 1 aromatic heterocycles. The Hall–Kier alpha value is -1.36. The van der Waals surface area contributed by atoms with E-state index in [1.165, 1.54) is 0 Å². The van der Waals surface area contributed by atoms with Crippen LogP contribution in [0.1, 0.15) is 33.5 Å². The van der Waals surface area contributed by atoms with Crippen LogP contribution in [0.25, 0.3) is 0 Å². The molecular weight excluding hydrogens is 216 g/mol. The number of rotatable bonds is 3. The van der Waals surface area contributed by atoms with Crippen molar-refractivity contribution in [2.24, 2.45) is 0 Å². The Bertz CT molecular complexity index is 385. The van der Waals surface area contributed by atoms with E-state index in [4.69, 9.17) is 5.73 Å². The Balaban J connectivity index is 3.05. The minimum Gasteiger partial charge on any atom is -0.392 e. The van der Waals surface area contributed by atoms with Crippen LogP contribution in [0.2, 0.25) is 0 Å². The lowest BCUT2D eigenvalue weighted by atomic mass is 9.96. The molecule has 1 aromatic rings. The molecule has 0 saturated carbocycles. The summed E-state index contributed by atoms with van der Waals surface area (Å²) in [5, 5.41) is 9.37. The third-order valence-electron chi connectivity index (χ3n) is 2.33. The van der Waals surface area contributed by atoms with Crippen LogP contribution < -0.4 is 10.6 Å². The summed E-state index contributed by atoms with van der Waals surface area (Å²) in [5.41, 5.74) is 5.64. The zero-order valence-electron chi connectivity index (χ0n) is 11.2. The van der Waals surface area contributed by atoms with E-state index in [0.717, 1.165) is 5.82 Å². The fraction of sp³-hybridized carbons (Fsp3) is 0.667. The van der Waals surface area contributed by atoms with Crippen LogP contribution in [0.5, 0.6) is 0 Å². The molecule has 0 spiro atoms. The average Bonchev–Trinajstić information content (AvgIpc) is 2.14. The first-order valence-electron chi connectivity index (χ1n) is 5.74. The van der Waals surface area contributed by atoms with Gasteiger partial charge in [0.05, 0.1) is 6.10 Å². The second-order valence-corrected chi connectivity index (χ2v) is 5.45. The highest BCUT2D eigenvalue weighted by Crippen LogP contribution is 2.22. The van der Waals surface area contributed by atoms with Crippen molar-refractivity contribution >= 4 is 11.6 Å². The Labute approximate surface area is 103 Å². The molecule has 1 rings (SSSR count). The standard InChI is InChI=1S/C12H22N4O/c1-8(17)7-16(5)10-6-9(13)14-11(15-10)12(2,3)4/h6,8,17H,7H2,1-5H3,(H2,13,14,15). The van der Waals surface area contributed by atoms with E-state index < -0.39 is 6.10 Å². The van der Waals surface area contributed by atoms with Gasteiger partial charge in [-0.15, -0.1) is 0 Å². The van der Waals surface area contributed by atoms with E-state index in [1.54, 1.807) is 13.0 Å². The molecule has 0 amide bonds. The lowest BCUT2D eigenvalue weighted by Gasteiger charge is -2.23. The van der Waals surface area contributed by atoms with E-state index in [1.807, 2.05) is 32.7 Å². The molecule has 0 bridgehead atoms. The van der Waals surface area contributed by atoms with Crippen molar-refractivity contribution < 1.29 is 5.11 Å². The normalized spacial score (nSPS) is 13.5. The van der Waals surface area contributed by atoms with E-state index in [2.05, 4.69) is 9.97 Å². The van der Waals surface area contributed by atoms with Gasteiger partial charge >= 0.3 is 0 Å². The smallest absolute Gasteiger partial charge is 0.138 e. The van der Waals surface area contributed by atoms with Crippen molar-refractivity contribution in [3.05, 3.63) is 11.9 Å². The van der Waals surface area contributed by atoms with Crippen molar-refractivity contribution in [2.75, 3.05) is 24.2 Å². The van der Waals surface area contributed by atoms with Gasteiger partial charge in [0.15, 0.2) is 0 Å². The Kier molecular flexibility index (Phi) is 3.93. The molecular formula is C12H22N4O.